The highest BCUT2D eigenvalue weighted by molar-refractivity contribution is 5.91. The van der Waals surface area contributed by atoms with Crippen LogP contribution >= 0.6 is 0 Å². The summed E-state index contributed by atoms with van der Waals surface area (Å²) in [4.78, 5) is 11.1. The quantitative estimate of drug-likeness (QED) is 0.864. The molecule has 0 aliphatic rings. The molecule has 2 aromatic rings. The smallest absolute Gasteiger partial charge is 0.325 e. The Balaban J connectivity index is 2.75. The van der Waals surface area contributed by atoms with E-state index in [1.807, 2.05) is 30.7 Å². The van der Waals surface area contributed by atoms with Crippen LogP contribution in [0, 0.1) is 6.92 Å². The summed E-state index contributed by atoms with van der Waals surface area (Å²) in [5.41, 5.74) is 8.17. The number of rotatable bonds is 3. The molecule has 0 bridgehead atoms. The minimum atomic E-state index is -1.03. The average molecular weight is 248 g/mol. The van der Waals surface area contributed by atoms with Crippen LogP contribution in [0.2, 0.25) is 0 Å². The Morgan fingerprint density at radius 1 is 1.50 bits per heavy atom. The summed E-state index contributed by atoms with van der Waals surface area (Å²) in [6.07, 6.45) is 0. The van der Waals surface area contributed by atoms with Crippen LogP contribution in [0.4, 0.5) is 0 Å². The van der Waals surface area contributed by atoms with Gasteiger partial charge in [-0.15, -0.1) is 0 Å². The van der Waals surface area contributed by atoms with Crippen molar-refractivity contribution in [3.63, 3.8) is 0 Å². The predicted molar refractivity (Wildman–Crippen MR) is 68.8 cm³/mol. The van der Waals surface area contributed by atoms with Crippen LogP contribution in [0.25, 0.3) is 10.9 Å². The lowest BCUT2D eigenvalue weighted by Gasteiger charge is -2.07. The molecular formula is C13H16N2O3. The number of fused-ring (bicyclic) bond motifs is 1. The van der Waals surface area contributed by atoms with E-state index >= 15 is 0 Å². The molecule has 3 N–H and O–H groups in total. The van der Waals surface area contributed by atoms with Gasteiger partial charge in [-0.25, -0.2) is 0 Å². The van der Waals surface area contributed by atoms with Crippen LogP contribution in [0.5, 0.6) is 5.75 Å². The molecule has 0 spiro atoms. The van der Waals surface area contributed by atoms with E-state index < -0.39 is 12.0 Å². The molecule has 0 amide bonds. The second-order valence-corrected chi connectivity index (χ2v) is 4.26. The molecule has 96 valence electrons. The Labute approximate surface area is 105 Å². The van der Waals surface area contributed by atoms with Crippen LogP contribution < -0.4 is 10.5 Å². The van der Waals surface area contributed by atoms with Gasteiger partial charge in [0.05, 0.1) is 12.6 Å². The summed E-state index contributed by atoms with van der Waals surface area (Å²) in [7, 11) is 3.48. The molecule has 5 heteroatoms. The van der Waals surface area contributed by atoms with Gasteiger partial charge in [0, 0.05) is 29.8 Å². The molecule has 0 aliphatic heterocycles. The Hall–Kier alpha value is -2.01. The lowest BCUT2D eigenvalue weighted by atomic mass is 10.0. The van der Waals surface area contributed by atoms with Crippen LogP contribution in [0.1, 0.15) is 17.3 Å². The second kappa shape index (κ2) is 4.34. The van der Waals surface area contributed by atoms with E-state index in [0.29, 0.717) is 5.56 Å². The predicted octanol–water partition coefficient (Wildman–Crippen LogP) is 1.58. The van der Waals surface area contributed by atoms with Gasteiger partial charge in [-0.3, -0.25) is 4.79 Å². The van der Waals surface area contributed by atoms with E-state index in [2.05, 4.69) is 0 Å². The number of ether oxygens (including phenoxy) is 1. The lowest BCUT2D eigenvalue weighted by molar-refractivity contribution is -0.138. The maximum absolute atomic E-state index is 11.1. The zero-order chi connectivity index (χ0) is 13.4. The third-order valence-electron chi connectivity index (χ3n) is 3.33. The number of hydrogen-bond acceptors (Lipinski definition) is 3. The van der Waals surface area contributed by atoms with E-state index in [0.717, 1.165) is 22.3 Å². The SMILES string of the molecule is COc1ccc2c(C(N)C(=O)O)c(C)n(C)c2c1. The van der Waals surface area contributed by atoms with Crippen molar-refractivity contribution in [2.75, 3.05) is 7.11 Å². The van der Waals surface area contributed by atoms with Crippen LogP contribution in [-0.2, 0) is 11.8 Å². The molecule has 1 aromatic carbocycles. The highest BCUT2D eigenvalue weighted by Gasteiger charge is 2.23. The minimum Gasteiger partial charge on any atom is -0.497 e. The van der Waals surface area contributed by atoms with E-state index in [9.17, 15) is 4.79 Å². The summed E-state index contributed by atoms with van der Waals surface area (Å²) < 4.78 is 7.10. The minimum absolute atomic E-state index is 0.655. The fourth-order valence-corrected chi connectivity index (χ4v) is 2.22. The first-order valence-corrected chi connectivity index (χ1v) is 5.58. The standard InChI is InChI=1S/C13H16N2O3/c1-7-11(12(14)13(16)17)9-5-4-8(18-3)6-10(9)15(7)2/h4-6,12H,14H2,1-3H3,(H,16,17). The molecule has 0 fully saturated rings. The van der Waals surface area contributed by atoms with Gasteiger partial charge in [0.2, 0.25) is 0 Å². The first-order chi connectivity index (χ1) is 8.47. The third kappa shape index (κ3) is 1.73. The molecule has 5 nitrogen and oxygen atoms in total. The highest BCUT2D eigenvalue weighted by atomic mass is 16.5. The van der Waals surface area contributed by atoms with Gasteiger partial charge in [0.25, 0.3) is 0 Å². The number of aromatic nitrogens is 1. The van der Waals surface area contributed by atoms with E-state index in [1.54, 1.807) is 13.2 Å². The van der Waals surface area contributed by atoms with Gasteiger partial charge < -0.3 is 20.1 Å². The third-order valence-corrected chi connectivity index (χ3v) is 3.33. The number of hydrogen-bond donors (Lipinski definition) is 2. The molecule has 0 radical (unpaired) electrons. The monoisotopic (exact) mass is 248 g/mol. The fourth-order valence-electron chi connectivity index (χ4n) is 2.22. The van der Waals surface area contributed by atoms with Crippen molar-refractivity contribution >= 4 is 16.9 Å². The van der Waals surface area contributed by atoms with Crippen molar-refractivity contribution in [3.8, 4) is 5.75 Å². The molecule has 1 heterocycles. The van der Waals surface area contributed by atoms with Crippen LogP contribution in [0.15, 0.2) is 18.2 Å². The number of methoxy groups -OCH3 is 1. The van der Waals surface area contributed by atoms with Gasteiger partial charge in [-0.05, 0) is 19.1 Å². The van der Waals surface area contributed by atoms with Crippen LogP contribution in [-0.4, -0.2) is 22.8 Å². The maximum Gasteiger partial charge on any atom is 0.325 e. The lowest BCUT2D eigenvalue weighted by Crippen LogP contribution is -2.21. The summed E-state index contributed by atoms with van der Waals surface area (Å²) in [6, 6.07) is 4.52. The van der Waals surface area contributed by atoms with E-state index in [1.165, 1.54) is 0 Å². The van der Waals surface area contributed by atoms with Crippen LogP contribution in [0.3, 0.4) is 0 Å². The normalized spacial score (nSPS) is 12.7. The van der Waals surface area contributed by atoms with Crippen molar-refractivity contribution in [2.24, 2.45) is 12.8 Å². The number of aliphatic carboxylic acids is 1. The second-order valence-electron chi connectivity index (χ2n) is 4.26. The topological polar surface area (TPSA) is 77.5 Å². The van der Waals surface area contributed by atoms with Gasteiger partial charge in [0.15, 0.2) is 0 Å². The number of benzene rings is 1. The maximum atomic E-state index is 11.1. The Kier molecular flexibility index (Phi) is 3.00. The molecule has 18 heavy (non-hydrogen) atoms. The Morgan fingerprint density at radius 3 is 2.72 bits per heavy atom. The molecular weight excluding hydrogens is 232 g/mol. The summed E-state index contributed by atoms with van der Waals surface area (Å²) >= 11 is 0. The first kappa shape index (κ1) is 12.4. The fraction of sp³-hybridized carbons (Fsp3) is 0.308. The number of nitrogens with two attached hydrogens (primary N) is 1. The molecule has 2 rings (SSSR count). The summed E-state index contributed by atoms with van der Waals surface area (Å²) in [5, 5.41) is 9.92. The van der Waals surface area contributed by atoms with Crippen molar-refractivity contribution in [1.82, 2.24) is 4.57 Å². The van der Waals surface area contributed by atoms with Gasteiger partial charge in [-0.2, -0.15) is 0 Å². The molecule has 0 saturated heterocycles. The highest BCUT2D eigenvalue weighted by Crippen LogP contribution is 2.31. The Bertz CT molecular complexity index is 616. The number of carboxylic acids is 1. The van der Waals surface area contributed by atoms with Gasteiger partial charge >= 0.3 is 5.97 Å². The van der Waals surface area contributed by atoms with Gasteiger partial charge in [0.1, 0.15) is 11.8 Å². The molecule has 0 saturated carbocycles. The summed E-state index contributed by atoms with van der Waals surface area (Å²) in [5.74, 6) is -0.292. The molecule has 0 aliphatic carbocycles. The van der Waals surface area contributed by atoms with Crippen molar-refractivity contribution in [2.45, 2.75) is 13.0 Å². The van der Waals surface area contributed by atoms with Crippen molar-refractivity contribution < 1.29 is 14.6 Å². The largest absolute Gasteiger partial charge is 0.497 e. The van der Waals surface area contributed by atoms with Gasteiger partial charge in [-0.1, -0.05) is 0 Å². The van der Waals surface area contributed by atoms with E-state index in [4.69, 9.17) is 15.6 Å². The number of nitrogens with zero attached hydrogens (tertiary/aromatic N) is 1. The molecule has 1 aromatic heterocycles. The number of carboxylic acid groups (broad SMARTS) is 1. The number of aryl methyl sites for hydroxylation is 1. The van der Waals surface area contributed by atoms with Crippen molar-refractivity contribution in [1.29, 1.82) is 0 Å². The zero-order valence-electron chi connectivity index (χ0n) is 10.6. The number of carbonyl (C=O) groups is 1. The zero-order valence-corrected chi connectivity index (χ0v) is 10.6. The average Bonchev–Trinajstić information content (AvgIpc) is 2.61. The summed E-state index contributed by atoms with van der Waals surface area (Å²) in [6.45, 7) is 1.87. The van der Waals surface area contributed by atoms with E-state index in [-0.39, 0.29) is 0 Å². The molecule has 1 atom stereocenters. The Morgan fingerprint density at radius 2 is 2.17 bits per heavy atom. The first-order valence-electron chi connectivity index (χ1n) is 5.58. The van der Waals surface area contributed by atoms with Crippen molar-refractivity contribution in [3.05, 3.63) is 29.5 Å². The molecule has 1 unspecified atom stereocenters.